The fourth-order valence-electron chi connectivity index (χ4n) is 3.26. The summed E-state index contributed by atoms with van der Waals surface area (Å²) < 4.78 is 2.90. The molecule has 0 aliphatic heterocycles. The first-order valence-electron chi connectivity index (χ1n) is 9.12. The average molecular weight is 405 g/mol. The molecule has 2 heterocycles. The van der Waals surface area contributed by atoms with Gasteiger partial charge in [0.25, 0.3) is 5.56 Å². The molecule has 0 bridgehead atoms. The molecule has 7 heteroatoms. The summed E-state index contributed by atoms with van der Waals surface area (Å²) in [6, 6.07) is 16.1. The number of aromatic nitrogens is 2. The number of carbonyl (C=O) groups is 1. The SMILES string of the molecule is Cc1cccc(NC(=O)Cn2c(=O)n(-c3ccccc3)c(=O)c3sccc32)c1C. The molecule has 1 amide bonds. The Hall–Kier alpha value is -3.45. The van der Waals surface area contributed by atoms with Crippen molar-refractivity contribution in [3.63, 3.8) is 0 Å². The summed E-state index contributed by atoms with van der Waals surface area (Å²) in [4.78, 5) is 38.8. The van der Waals surface area contributed by atoms with Crippen LogP contribution in [-0.4, -0.2) is 15.0 Å². The van der Waals surface area contributed by atoms with Crippen LogP contribution < -0.4 is 16.6 Å². The number of rotatable bonds is 4. The van der Waals surface area contributed by atoms with Crippen LogP contribution in [0.2, 0.25) is 0 Å². The van der Waals surface area contributed by atoms with E-state index in [1.54, 1.807) is 35.7 Å². The van der Waals surface area contributed by atoms with Gasteiger partial charge in [-0.3, -0.25) is 14.2 Å². The standard InChI is InChI=1S/C22H19N3O3S/c1-14-7-6-10-17(15(14)2)23-19(26)13-24-18-11-12-29-20(18)21(27)25(22(24)28)16-8-4-3-5-9-16/h3-12H,13H2,1-2H3,(H,23,26). The van der Waals surface area contributed by atoms with Crippen LogP contribution in [0.15, 0.2) is 69.6 Å². The van der Waals surface area contributed by atoms with Crippen molar-refractivity contribution in [2.45, 2.75) is 20.4 Å². The number of thiophene rings is 1. The van der Waals surface area contributed by atoms with Crippen molar-refractivity contribution in [1.29, 1.82) is 0 Å². The first-order chi connectivity index (χ1) is 14.0. The van der Waals surface area contributed by atoms with E-state index in [-0.39, 0.29) is 18.0 Å². The van der Waals surface area contributed by atoms with E-state index in [1.165, 1.54) is 15.9 Å². The summed E-state index contributed by atoms with van der Waals surface area (Å²) in [5.41, 5.74) is 2.78. The van der Waals surface area contributed by atoms with Crippen LogP contribution in [0, 0.1) is 13.8 Å². The smallest absolute Gasteiger partial charge is 0.324 e. The van der Waals surface area contributed by atoms with Gasteiger partial charge in [0.1, 0.15) is 11.2 Å². The van der Waals surface area contributed by atoms with Crippen LogP contribution >= 0.6 is 11.3 Å². The molecule has 2 aromatic heterocycles. The van der Waals surface area contributed by atoms with Crippen LogP contribution in [0.5, 0.6) is 0 Å². The summed E-state index contributed by atoms with van der Waals surface area (Å²) in [6.07, 6.45) is 0. The first-order valence-corrected chi connectivity index (χ1v) is 10.00. The molecule has 0 saturated heterocycles. The molecular weight excluding hydrogens is 386 g/mol. The van der Waals surface area contributed by atoms with Crippen LogP contribution in [0.3, 0.4) is 0 Å². The number of hydrogen-bond acceptors (Lipinski definition) is 4. The van der Waals surface area contributed by atoms with Crippen LogP contribution in [0.4, 0.5) is 5.69 Å². The number of benzene rings is 2. The van der Waals surface area contributed by atoms with Crippen molar-refractivity contribution in [3.8, 4) is 5.69 Å². The maximum Gasteiger partial charge on any atom is 0.336 e. The quantitative estimate of drug-likeness (QED) is 0.565. The summed E-state index contributed by atoms with van der Waals surface area (Å²) in [6.45, 7) is 3.72. The van der Waals surface area contributed by atoms with Gasteiger partial charge in [-0.25, -0.2) is 9.36 Å². The van der Waals surface area contributed by atoms with E-state index in [1.807, 2.05) is 38.1 Å². The Morgan fingerprint density at radius 3 is 2.52 bits per heavy atom. The van der Waals surface area contributed by atoms with Crippen LogP contribution in [0.1, 0.15) is 11.1 Å². The fourth-order valence-corrected chi connectivity index (χ4v) is 4.09. The van der Waals surface area contributed by atoms with E-state index in [0.717, 1.165) is 15.7 Å². The highest BCUT2D eigenvalue weighted by Gasteiger charge is 2.17. The minimum atomic E-state index is -0.539. The molecule has 0 radical (unpaired) electrons. The molecule has 29 heavy (non-hydrogen) atoms. The van der Waals surface area contributed by atoms with E-state index >= 15 is 0 Å². The topological polar surface area (TPSA) is 73.1 Å². The minimum absolute atomic E-state index is 0.188. The predicted octanol–water partition coefficient (Wildman–Crippen LogP) is 3.47. The molecule has 0 atom stereocenters. The van der Waals surface area contributed by atoms with Gasteiger partial charge in [0.05, 0.1) is 11.2 Å². The third kappa shape index (κ3) is 3.40. The highest BCUT2D eigenvalue weighted by molar-refractivity contribution is 7.17. The fraction of sp³-hybridized carbons (Fsp3) is 0.136. The number of carbonyl (C=O) groups excluding carboxylic acids is 1. The lowest BCUT2D eigenvalue weighted by Crippen LogP contribution is -2.40. The molecule has 0 aliphatic carbocycles. The van der Waals surface area contributed by atoms with Crippen molar-refractivity contribution in [3.05, 3.63) is 91.9 Å². The maximum atomic E-state index is 13.2. The van der Waals surface area contributed by atoms with Crippen LogP contribution in [-0.2, 0) is 11.3 Å². The van der Waals surface area contributed by atoms with E-state index in [0.29, 0.717) is 21.6 Å². The van der Waals surface area contributed by atoms with Gasteiger partial charge in [-0.2, -0.15) is 0 Å². The molecule has 0 spiro atoms. The average Bonchev–Trinajstić information content (AvgIpc) is 3.20. The number of amides is 1. The number of aryl methyl sites for hydroxylation is 1. The molecule has 6 nitrogen and oxygen atoms in total. The Morgan fingerprint density at radius 2 is 1.76 bits per heavy atom. The minimum Gasteiger partial charge on any atom is -0.324 e. The number of para-hydroxylation sites is 1. The van der Waals surface area contributed by atoms with Crippen molar-refractivity contribution < 1.29 is 4.79 Å². The number of hydrogen-bond donors (Lipinski definition) is 1. The van der Waals surface area contributed by atoms with Gasteiger partial charge in [-0.15, -0.1) is 11.3 Å². The van der Waals surface area contributed by atoms with Gasteiger partial charge in [-0.1, -0.05) is 30.3 Å². The third-order valence-electron chi connectivity index (χ3n) is 4.95. The summed E-state index contributed by atoms with van der Waals surface area (Å²) in [7, 11) is 0. The number of anilines is 1. The molecule has 0 aliphatic rings. The van der Waals surface area contributed by atoms with Crippen molar-refractivity contribution in [2.24, 2.45) is 0 Å². The third-order valence-corrected chi connectivity index (χ3v) is 5.84. The number of nitrogens with zero attached hydrogens (tertiary/aromatic N) is 2. The zero-order valence-electron chi connectivity index (χ0n) is 16.0. The summed E-state index contributed by atoms with van der Waals surface area (Å²) >= 11 is 1.26. The van der Waals surface area contributed by atoms with Crippen molar-refractivity contribution in [2.75, 3.05) is 5.32 Å². The van der Waals surface area contributed by atoms with Crippen LogP contribution in [0.25, 0.3) is 15.9 Å². The van der Waals surface area contributed by atoms with Gasteiger partial charge in [0.15, 0.2) is 0 Å². The van der Waals surface area contributed by atoms with E-state index < -0.39 is 5.69 Å². The van der Waals surface area contributed by atoms with Crippen molar-refractivity contribution in [1.82, 2.24) is 9.13 Å². The molecule has 4 aromatic rings. The summed E-state index contributed by atoms with van der Waals surface area (Å²) in [5.74, 6) is -0.327. The number of fused-ring (bicyclic) bond motifs is 1. The second kappa shape index (κ2) is 7.52. The Bertz CT molecular complexity index is 1330. The highest BCUT2D eigenvalue weighted by atomic mass is 32.1. The second-order valence-electron chi connectivity index (χ2n) is 6.78. The van der Waals surface area contributed by atoms with E-state index in [4.69, 9.17) is 0 Å². The highest BCUT2D eigenvalue weighted by Crippen LogP contribution is 2.19. The molecule has 1 N–H and O–H groups in total. The normalized spacial score (nSPS) is 11.0. The molecular formula is C22H19N3O3S. The molecule has 146 valence electrons. The largest absolute Gasteiger partial charge is 0.336 e. The van der Waals surface area contributed by atoms with Gasteiger partial charge in [0, 0.05) is 5.69 Å². The Morgan fingerprint density at radius 1 is 1.00 bits per heavy atom. The maximum absolute atomic E-state index is 13.2. The Balaban J connectivity index is 1.79. The van der Waals surface area contributed by atoms with E-state index in [2.05, 4.69) is 5.32 Å². The molecule has 0 saturated carbocycles. The first kappa shape index (κ1) is 18.9. The van der Waals surface area contributed by atoms with Crippen molar-refractivity contribution >= 4 is 33.1 Å². The Kier molecular flexibility index (Phi) is 4.90. The number of nitrogens with one attached hydrogen (secondary N) is 1. The van der Waals surface area contributed by atoms with Gasteiger partial charge < -0.3 is 5.32 Å². The van der Waals surface area contributed by atoms with E-state index in [9.17, 15) is 14.4 Å². The zero-order chi connectivity index (χ0) is 20.5. The lowest BCUT2D eigenvalue weighted by Gasteiger charge is -2.14. The molecule has 4 rings (SSSR count). The Labute approximate surface area is 170 Å². The predicted molar refractivity (Wildman–Crippen MR) is 116 cm³/mol. The monoisotopic (exact) mass is 405 g/mol. The zero-order valence-corrected chi connectivity index (χ0v) is 16.8. The van der Waals surface area contributed by atoms with Gasteiger partial charge in [0.2, 0.25) is 5.91 Å². The molecule has 0 fully saturated rings. The van der Waals surface area contributed by atoms with Gasteiger partial charge in [-0.05, 0) is 54.6 Å². The molecule has 0 unspecified atom stereocenters. The lowest BCUT2D eigenvalue weighted by atomic mass is 10.1. The summed E-state index contributed by atoms with van der Waals surface area (Å²) in [5, 5.41) is 4.62. The van der Waals surface area contributed by atoms with Gasteiger partial charge >= 0.3 is 5.69 Å². The molecule has 2 aromatic carbocycles. The lowest BCUT2D eigenvalue weighted by molar-refractivity contribution is -0.116. The second-order valence-corrected chi connectivity index (χ2v) is 7.69.